The van der Waals surface area contributed by atoms with Crippen LogP contribution >= 0.6 is 0 Å². The van der Waals surface area contributed by atoms with Crippen LogP contribution in [0.4, 0.5) is 5.69 Å². The first-order valence-electron chi connectivity index (χ1n) is 8.68. The van der Waals surface area contributed by atoms with Gasteiger partial charge < -0.3 is 4.52 Å². The van der Waals surface area contributed by atoms with Gasteiger partial charge in [-0.1, -0.05) is 25.1 Å². The summed E-state index contributed by atoms with van der Waals surface area (Å²) in [6, 6.07) is 10.1. The van der Waals surface area contributed by atoms with Gasteiger partial charge >= 0.3 is 0 Å². The average molecular weight is 367 g/mol. The van der Waals surface area contributed by atoms with E-state index in [0.29, 0.717) is 29.7 Å². The molecule has 0 amide bonds. The van der Waals surface area contributed by atoms with Crippen LogP contribution in [0, 0.1) is 23.0 Å². The first-order chi connectivity index (χ1) is 13.0. The van der Waals surface area contributed by atoms with Crippen LogP contribution in [0.5, 0.6) is 0 Å². The normalized spacial score (nSPS) is 12.3. The lowest BCUT2D eigenvalue weighted by Gasteiger charge is -2.22. The van der Waals surface area contributed by atoms with Crippen LogP contribution in [0.15, 0.2) is 47.1 Å². The Hall–Kier alpha value is -3.13. The summed E-state index contributed by atoms with van der Waals surface area (Å²) in [5.41, 5.74) is 2.81. The minimum Gasteiger partial charge on any atom is -0.338 e. The van der Waals surface area contributed by atoms with Gasteiger partial charge in [-0.3, -0.25) is 20.4 Å². The lowest BCUT2D eigenvalue weighted by molar-refractivity contribution is -0.384. The standard InChI is InChI=1S/C19H21N5O3/c1-12(2)17(18-13(3)5-4-10-20-18)21-11-16-22-19(23-27-16)14-6-8-15(9-7-14)24(25)26/h4-10,12,17,21H,11H2,1-3H3. The highest BCUT2D eigenvalue weighted by Crippen LogP contribution is 2.24. The zero-order chi connectivity index (χ0) is 19.4. The molecule has 0 fully saturated rings. The summed E-state index contributed by atoms with van der Waals surface area (Å²) in [5.74, 6) is 1.18. The van der Waals surface area contributed by atoms with Crippen molar-refractivity contribution in [3.8, 4) is 11.4 Å². The number of nitrogens with one attached hydrogen (secondary N) is 1. The van der Waals surface area contributed by atoms with E-state index in [1.165, 1.54) is 12.1 Å². The molecular weight excluding hydrogens is 346 g/mol. The summed E-state index contributed by atoms with van der Waals surface area (Å²) in [6.07, 6.45) is 1.79. The molecule has 0 radical (unpaired) electrons. The Kier molecular flexibility index (Phi) is 5.56. The Bertz CT molecular complexity index is 921. The summed E-state index contributed by atoms with van der Waals surface area (Å²) in [7, 11) is 0. The number of nitrogens with zero attached hydrogens (tertiary/aromatic N) is 4. The minimum absolute atomic E-state index is 0.0228. The van der Waals surface area contributed by atoms with Crippen molar-refractivity contribution in [2.24, 2.45) is 5.92 Å². The van der Waals surface area contributed by atoms with E-state index in [0.717, 1.165) is 11.3 Å². The van der Waals surface area contributed by atoms with Crippen molar-refractivity contribution in [2.45, 2.75) is 33.4 Å². The van der Waals surface area contributed by atoms with E-state index in [1.807, 2.05) is 19.1 Å². The van der Waals surface area contributed by atoms with E-state index in [-0.39, 0.29) is 11.7 Å². The number of aryl methyl sites for hydroxylation is 1. The van der Waals surface area contributed by atoms with Gasteiger partial charge in [-0.2, -0.15) is 4.98 Å². The lowest BCUT2D eigenvalue weighted by Crippen LogP contribution is -2.27. The van der Waals surface area contributed by atoms with Gasteiger partial charge in [0.1, 0.15) is 0 Å². The number of aromatic nitrogens is 3. The van der Waals surface area contributed by atoms with E-state index in [1.54, 1.807) is 18.3 Å². The molecular formula is C19H21N5O3. The highest BCUT2D eigenvalue weighted by Gasteiger charge is 2.20. The number of pyridine rings is 1. The molecule has 0 aliphatic rings. The van der Waals surface area contributed by atoms with Gasteiger partial charge in [-0.05, 0) is 36.6 Å². The average Bonchev–Trinajstić information content (AvgIpc) is 3.12. The third-order valence-corrected chi connectivity index (χ3v) is 4.29. The lowest BCUT2D eigenvalue weighted by atomic mass is 9.97. The topological polar surface area (TPSA) is 107 Å². The molecule has 0 saturated heterocycles. The highest BCUT2D eigenvalue weighted by molar-refractivity contribution is 5.56. The van der Waals surface area contributed by atoms with Gasteiger partial charge in [0, 0.05) is 23.9 Å². The molecule has 2 aromatic heterocycles. The number of nitro benzene ring substituents is 1. The second-order valence-corrected chi connectivity index (χ2v) is 6.62. The molecule has 1 unspecified atom stereocenters. The largest absolute Gasteiger partial charge is 0.338 e. The van der Waals surface area contributed by atoms with Gasteiger partial charge in [0.05, 0.1) is 23.2 Å². The molecule has 8 heteroatoms. The fraction of sp³-hybridized carbons (Fsp3) is 0.316. The smallest absolute Gasteiger partial charge is 0.269 e. The third-order valence-electron chi connectivity index (χ3n) is 4.29. The number of hydrogen-bond donors (Lipinski definition) is 1. The van der Waals surface area contributed by atoms with Gasteiger partial charge in [-0.15, -0.1) is 0 Å². The summed E-state index contributed by atoms with van der Waals surface area (Å²) in [4.78, 5) is 19.2. The molecule has 27 heavy (non-hydrogen) atoms. The number of non-ortho nitro benzene ring substituents is 1. The van der Waals surface area contributed by atoms with E-state index in [4.69, 9.17) is 4.52 Å². The summed E-state index contributed by atoms with van der Waals surface area (Å²) < 4.78 is 5.32. The monoisotopic (exact) mass is 367 g/mol. The number of rotatable bonds is 7. The molecule has 1 atom stereocenters. The molecule has 0 bridgehead atoms. The van der Waals surface area contributed by atoms with Crippen molar-refractivity contribution < 1.29 is 9.45 Å². The van der Waals surface area contributed by atoms with E-state index < -0.39 is 4.92 Å². The van der Waals surface area contributed by atoms with Gasteiger partial charge in [0.15, 0.2) is 0 Å². The van der Waals surface area contributed by atoms with E-state index in [9.17, 15) is 10.1 Å². The van der Waals surface area contributed by atoms with Crippen LogP contribution in [0.3, 0.4) is 0 Å². The Morgan fingerprint density at radius 2 is 1.96 bits per heavy atom. The maximum Gasteiger partial charge on any atom is 0.269 e. The SMILES string of the molecule is Cc1cccnc1C(NCc1nc(-c2ccc([N+](=O)[O-])cc2)no1)C(C)C. The summed E-state index contributed by atoms with van der Waals surface area (Å²) in [5, 5.41) is 18.1. The van der Waals surface area contributed by atoms with Crippen LogP contribution in [0.1, 0.15) is 37.0 Å². The molecule has 140 valence electrons. The van der Waals surface area contributed by atoms with Crippen LogP contribution in [-0.4, -0.2) is 20.0 Å². The molecule has 0 aliphatic carbocycles. The van der Waals surface area contributed by atoms with Crippen molar-refractivity contribution in [3.63, 3.8) is 0 Å². The molecule has 3 aromatic rings. The van der Waals surface area contributed by atoms with Gasteiger partial charge in [0.25, 0.3) is 5.69 Å². The van der Waals surface area contributed by atoms with E-state index >= 15 is 0 Å². The predicted molar refractivity (Wildman–Crippen MR) is 99.8 cm³/mol. The molecule has 0 spiro atoms. The van der Waals surface area contributed by atoms with Crippen molar-refractivity contribution in [1.82, 2.24) is 20.4 Å². The van der Waals surface area contributed by atoms with Crippen LogP contribution in [0.2, 0.25) is 0 Å². The highest BCUT2D eigenvalue weighted by atomic mass is 16.6. The van der Waals surface area contributed by atoms with Crippen molar-refractivity contribution >= 4 is 5.69 Å². The first-order valence-corrected chi connectivity index (χ1v) is 8.68. The summed E-state index contributed by atoms with van der Waals surface area (Å²) in [6.45, 7) is 6.70. The van der Waals surface area contributed by atoms with Crippen molar-refractivity contribution in [3.05, 3.63) is 69.9 Å². The second-order valence-electron chi connectivity index (χ2n) is 6.62. The van der Waals surface area contributed by atoms with E-state index in [2.05, 4.69) is 34.3 Å². The van der Waals surface area contributed by atoms with Crippen molar-refractivity contribution in [1.29, 1.82) is 0 Å². The summed E-state index contributed by atoms with van der Waals surface area (Å²) >= 11 is 0. The third kappa shape index (κ3) is 4.35. The molecule has 3 rings (SSSR count). The Balaban J connectivity index is 1.71. The number of nitro groups is 1. The maximum absolute atomic E-state index is 10.7. The predicted octanol–water partition coefficient (Wildman–Crippen LogP) is 3.84. The molecule has 1 N–H and O–H groups in total. The first kappa shape index (κ1) is 18.7. The molecule has 0 saturated carbocycles. The molecule has 2 heterocycles. The minimum atomic E-state index is -0.443. The Morgan fingerprint density at radius 1 is 1.22 bits per heavy atom. The zero-order valence-corrected chi connectivity index (χ0v) is 15.4. The van der Waals surface area contributed by atoms with Crippen LogP contribution in [-0.2, 0) is 6.54 Å². The fourth-order valence-corrected chi connectivity index (χ4v) is 2.85. The fourth-order valence-electron chi connectivity index (χ4n) is 2.85. The molecule has 0 aliphatic heterocycles. The Morgan fingerprint density at radius 3 is 2.59 bits per heavy atom. The maximum atomic E-state index is 10.7. The van der Waals surface area contributed by atoms with Crippen molar-refractivity contribution in [2.75, 3.05) is 0 Å². The quantitative estimate of drug-likeness (QED) is 0.499. The van der Waals surface area contributed by atoms with Gasteiger partial charge in [-0.25, -0.2) is 0 Å². The van der Waals surface area contributed by atoms with Crippen LogP contribution < -0.4 is 5.32 Å². The second kappa shape index (κ2) is 8.05. The number of benzene rings is 1. The van der Waals surface area contributed by atoms with Crippen LogP contribution in [0.25, 0.3) is 11.4 Å². The number of hydrogen-bond acceptors (Lipinski definition) is 7. The zero-order valence-electron chi connectivity index (χ0n) is 15.4. The molecule has 1 aromatic carbocycles. The Labute approximate surface area is 156 Å². The molecule has 8 nitrogen and oxygen atoms in total. The van der Waals surface area contributed by atoms with Gasteiger partial charge in [0.2, 0.25) is 11.7 Å².